The number of carbonyl (C=O) groups is 1. The highest BCUT2D eigenvalue weighted by atomic mass is 19.1. The summed E-state index contributed by atoms with van der Waals surface area (Å²) < 4.78 is 13.0. The zero-order valence-corrected chi connectivity index (χ0v) is 10.5. The minimum Gasteiger partial charge on any atom is -0.350 e. The molecule has 0 saturated carbocycles. The maximum Gasteiger partial charge on any atom is 0.222 e. The summed E-state index contributed by atoms with van der Waals surface area (Å²) in [6.07, 6.45) is 0.243. The monoisotopic (exact) mass is 238 g/mol. The van der Waals surface area contributed by atoms with Gasteiger partial charge in [0.25, 0.3) is 0 Å². The molecule has 0 spiro atoms. The first-order valence-electron chi connectivity index (χ1n) is 5.61. The molecule has 0 radical (unpaired) electrons. The lowest BCUT2D eigenvalue weighted by Gasteiger charge is -2.20. The highest BCUT2D eigenvalue weighted by Crippen LogP contribution is 2.14. The van der Waals surface area contributed by atoms with Crippen LogP contribution in [0.4, 0.5) is 4.39 Å². The molecule has 0 aliphatic heterocycles. The van der Waals surface area contributed by atoms with Crippen molar-refractivity contribution in [3.05, 3.63) is 35.6 Å². The van der Waals surface area contributed by atoms with Gasteiger partial charge in [0.05, 0.1) is 6.04 Å². The fraction of sp³-hybridized carbons (Fsp3) is 0.462. The van der Waals surface area contributed by atoms with Crippen LogP contribution in [0.15, 0.2) is 24.3 Å². The Morgan fingerprint density at radius 3 is 2.71 bits per heavy atom. The van der Waals surface area contributed by atoms with E-state index >= 15 is 0 Å². The minimum atomic E-state index is -0.536. The molecule has 1 rings (SSSR count). The molecule has 94 valence electrons. The lowest BCUT2D eigenvalue weighted by Crippen LogP contribution is -2.39. The highest BCUT2D eigenvalue weighted by molar-refractivity contribution is 5.77. The molecule has 1 atom stereocenters. The zero-order valence-electron chi connectivity index (χ0n) is 10.5. The van der Waals surface area contributed by atoms with E-state index in [0.29, 0.717) is 0 Å². The van der Waals surface area contributed by atoms with Gasteiger partial charge >= 0.3 is 0 Å². The van der Waals surface area contributed by atoms with Gasteiger partial charge in [0.1, 0.15) is 5.82 Å². The van der Waals surface area contributed by atoms with Crippen molar-refractivity contribution < 1.29 is 9.18 Å². The van der Waals surface area contributed by atoms with E-state index in [1.807, 2.05) is 6.92 Å². The summed E-state index contributed by atoms with van der Waals surface area (Å²) >= 11 is 0. The summed E-state index contributed by atoms with van der Waals surface area (Å²) in [6, 6.07) is 5.97. The molecule has 1 aromatic carbocycles. The van der Waals surface area contributed by atoms with E-state index < -0.39 is 5.54 Å². The van der Waals surface area contributed by atoms with Crippen LogP contribution in [0, 0.1) is 5.82 Å². The normalized spacial score (nSPS) is 13.2. The van der Waals surface area contributed by atoms with Crippen molar-refractivity contribution in [1.29, 1.82) is 0 Å². The van der Waals surface area contributed by atoms with Gasteiger partial charge in [0, 0.05) is 12.0 Å². The number of rotatable bonds is 4. The van der Waals surface area contributed by atoms with Gasteiger partial charge in [0.2, 0.25) is 5.91 Å². The van der Waals surface area contributed by atoms with E-state index in [1.54, 1.807) is 26.0 Å². The van der Waals surface area contributed by atoms with Crippen LogP contribution >= 0.6 is 0 Å². The Morgan fingerprint density at radius 2 is 2.18 bits per heavy atom. The number of hydrogen-bond donors (Lipinski definition) is 2. The van der Waals surface area contributed by atoms with Gasteiger partial charge in [0.15, 0.2) is 0 Å². The Kier molecular flexibility index (Phi) is 4.23. The van der Waals surface area contributed by atoms with Crippen molar-refractivity contribution in [2.45, 2.75) is 38.8 Å². The van der Waals surface area contributed by atoms with Crippen LogP contribution in [0.2, 0.25) is 0 Å². The second kappa shape index (κ2) is 5.27. The first-order valence-corrected chi connectivity index (χ1v) is 5.61. The van der Waals surface area contributed by atoms with Gasteiger partial charge < -0.3 is 11.1 Å². The SMILES string of the molecule is C[C@@H](NC(=O)CC(C)(C)N)c1cccc(F)c1. The molecular formula is C13H19FN2O. The van der Waals surface area contributed by atoms with Gasteiger partial charge in [-0.25, -0.2) is 4.39 Å². The maximum atomic E-state index is 13.0. The number of carbonyl (C=O) groups excluding carboxylic acids is 1. The third kappa shape index (κ3) is 4.95. The maximum absolute atomic E-state index is 13.0. The van der Waals surface area contributed by atoms with Crippen molar-refractivity contribution in [1.82, 2.24) is 5.32 Å². The van der Waals surface area contributed by atoms with E-state index in [1.165, 1.54) is 12.1 Å². The van der Waals surface area contributed by atoms with Crippen LogP contribution < -0.4 is 11.1 Å². The molecule has 17 heavy (non-hydrogen) atoms. The standard InChI is InChI=1S/C13H19FN2O/c1-9(10-5-4-6-11(14)7-10)16-12(17)8-13(2,3)15/h4-7,9H,8,15H2,1-3H3,(H,16,17)/t9-/m1/s1. The predicted octanol–water partition coefficient (Wildman–Crippen LogP) is 2.13. The molecule has 1 aromatic rings. The number of halogens is 1. The van der Waals surface area contributed by atoms with Gasteiger partial charge in [-0.2, -0.15) is 0 Å². The number of nitrogens with two attached hydrogens (primary N) is 1. The molecular weight excluding hydrogens is 219 g/mol. The molecule has 0 aliphatic rings. The molecule has 0 saturated heterocycles. The second-order valence-electron chi connectivity index (χ2n) is 5.01. The minimum absolute atomic E-state index is 0.130. The smallest absolute Gasteiger partial charge is 0.222 e. The molecule has 0 heterocycles. The van der Waals surface area contributed by atoms with E-state index in [-0.39, 0.29) is 24.2 Å². The zero-order chi connectivity index (χ0) is 13.1. The Morgan fingerprint density at radius 1 is 1.53 bits per heavy atom. The first-order chi connectivity index (χ1) is 7.78. The Balaban J connectivity index is 2.61. The van der Waals surface area contributed by atoms with E-state index in [9.17, 15) is 9.18 Å². The van der Waals surface area contributed by atoms with Crippen LogP contribution in [0.1, 0.15) is 38.8 Å². The molecule has 0 bridgehead atoms. The topological polar surface area (TPSA) is 55.1 Å². The summed E-state index contributed by atoms with van der Waals surface area (Å²) in [6.45, 7) is 5.40. The molecule has 0 aliphatic carbocycles. The fourth-order valence-corrected chi connectivity index (χ4v) is 1.57. The lowest BCUT2D eigenvalue weighted by atomic mass is 10.0. The predicted molar refractivity (Wildman–Crippen MR) is 65.8 cm³/mol. The van der Waals surface area contributed by atoms with Gasteiger partial charge in [-0.3, -0.25) is 4.79 Å². The van der Waals surface area contributed by atoms with E-state index in [2.05, 4.69) is 5.32 Å². The molecule has 1 amide bonds. The van der Waals surface area contributed by atoms with Crippen molar-refractivity contribution >= 4 is 5.91 Å². The summed E-state index contributed by atoms with van der Waals surface area (Å²) in [5, 5.41) is 2.79. The van der Waals surface area contributed by atoms with E-state index in [0.717, 1.165) is 5.56 Å². The van der Waals surface area contributed by atoms with Gasteiger partial charge in [-0.15, -0.1) is 0 Å². The summed E-state index contributed by atoms with van der Waals surface area (Å²) in [5.41, 5.74) is 5.96. The second-order valence-corrected chi connectivity index (χ2v) is 5.01. The Labute approximate surface area is 101 Å². The van der Waals surface area contributed by atoms with Crippen molar-refractivity contribution in [3.63, 3.8) is 0 Å². The third-order valence-corrected chi connectivity index (χ3v) is 2.34. The van der Waals surface area contributed by atoms with Crippen LogP contribution in [-0.4, -0.2) is 11.4 Å². The average Bonchev–Trinajstić information content (AvgIpc) is 2.14. The number of amides is 1. The van der Waals surface area contributed by atoms with Crippen molar-refractivity contribution in [3.8, 4) is 0 Å². The largest absolute Gasteiger partial charge is 0.350 e. The molecule has 0 aromatic heterocycles. The Hall–Kier alpha value is -1.42. The Bertz CT molecular complexity index is 399. The quantitative estimate of drug-likeness (QED) is 0.844. The van der Waals surface area contributed by atoms with Crippen molar-refractivity contribution in [2.75, 3.05) is 0 Å². The highest BCUT2D eigenvalue weighted by Gasteiger charge is 2.18. The summed E-state index contributed by atoms with van der Waals surface area (Å²) in [5.74, 6) is -0.433. The number of benzene rings is 1. The summed E-state index contributed by atoms with van der Waals surface area (Å²) in [7, 11) is 0. The van der Waals surface area contributed by atoms with Crippen LogP contribution in [0.5, 0.6) is 0 Å². The molecule has 0 fully saturated rings. The fourth-order valence-electron chi connectivity index (χ4n) is 1.57. The third-order valence-electron chi connectivity index (χ3n) is 2.34. The van der Waals surface area contributed by atoms with Crippen LogP contribution in [-0.2, 0) is 4.79 Å². The molecule has 0 unspecified atom stereocenters. The molecule has 4 heteroatoms. The average molecular weight is 238 g/mol. The van der Waals surface area contributed by atoms with Crippen molar-refractivity contribution in [2.24, 2.45) is 5.73 Å². The number of nitrogens with one attached hydrogen (secondary N) is 1. The molecule has 3 N–H and O–H groups in total. The van der Waals surface area contributed by atoms with E-state index in [4.69, 9.17) is 5.73 Å². The van der Waals surface area contributed by atoms with Gasteiger partial charge in [-0.05, 0) is 38.5 Å². The van der Waals surface area contributed by atoms with Crippen LogP contribution in [0.3, 0.4) is 0 Å². The number of hydrogen-bond acceptors (Lipinski definition) is 2. The summed E-state index contributed by atoms with van der Waals surface area (Å²) in [4.78, 5) is 11.6. The van der Waals surface area contributed by atoms with Crippen LogP contribution in [0.25, 0.3) is 0 Å². The molecule has 3 nitrogen and oxygen atoms in total. The van der Waals surface area contributed by atoms with Gasteiger partial charge in [-0.1, -0.05) is 12.1 Å². The first kappa shape index (κ1) is 13.6. The lowest BCUT2D eigenvalue weighted by molar-refractivity contribution is -0.122.